The first kappa shape index (κ1) is 14.2. The molecule has 0 saturated carbocycles. The molecular weight excluding hydrogens is 272 g/mol. The second kappa shape index (κ2) is 5.81. The van der Waals surface area contributed by atoms with Crippen molar-refractivity contribution in [3.63, 3.8) is 0 Å². The Balaban J connectivity index is 2.01. The topological polar surface area (TPSA) is 71.5 Å². The summed E-state index contributed by atoms with van der Waals surface area (Å²) in [6, 6.07) is 0.0940. The van der Waals surface area contributed by atoms with E-state index < -0.39 is 29.6 Å². The number of hydrogen-bond acceptors (Lipinski definition) is 5. The van der Waals surface area contributed by atoms with Crippen LogP contribution in [-0.2, 0) is 14.3 Å². The smallest absolute Gasteiger partial charge is 0.325 e. The van der Waals surface area contributed by atoms with Crippen LogP contribution < -0.4 is 10.2 Å². The Labute approximate surface area is 113 Å². The molecule has 6 nitrogen and oxygen atoms in total. The van der Waals surface area contributed by atoms with Gasteiger partial charge >= 0.3 is 5.97 Å². The Hall–Kier alpha value is -2.25. The van der Waals surface area contributed by atoms with Gasteiger partial charge in [0.1, 0.15) is 18.4 Å². The highest BCUT2D eigenvalue weighted by molar-refractivity contribution is 5.89. The number of halogens is 2. The summed E-state index contributed by atoms with van der Waals surface area (Å²) >= 11 is 0. The van der Waals surface area contributed by atoms with Crippen molar-refractivity contribution in [3.05, 3.63) is 23.9 Å². The molecule has 1 aliphatic rings. The van der Waals surface area contributed by atoms with Crippen molar-refractivity contribution >= 4 is 17.7 Å². The van der Waals surface area contributed by atoms with Crippen LogP contribution in [0.2, 0.25) is 0 Å². The molecule has 1 fully saturated rings. The first-order chi connectivity index (χ1) is 9.52. The maximum Gasteiger partial charge on any atom is 0.325 e. The van der Waals surface area contributed by atoms with Crippen molar-refractivity contribution < 1.29 is 23.1 Å². The molecule has 0 aliphatic carbocycles. The zero-order valence-corrected chi connectivity index (χ0v) is 10.7. The minimum absolute atomic E-state index is 0.0733. The highest BCUT2D eigenvalue weighted by Crippen LogP contribution is 2.27. The van der Waals surface area contributed by atoms with Crippen LogP contribution in [0.25, 0.3) is 0 Å². The minimum atomic E-state index is -0.824. The van der Waals surface area contributed by atoms with Crippen LogP contribution in [0.3, 0.4) is 0 Å². The highest BCUT2D eigenvalue weighted by atomic mass is 19.1. The van der Waals surface area contributed by atoms with Crippen LogP contribution in [-0.4, -0.2) is 43.1 Å². The zero-order valence-electron chi connectivity index (χ0n) is 10.7. The van der Waals surface area contributed by atoms with Gasteiger partial charge in [0.2, 0.25) is 5.91 Å². The van der Waals surface area contributed by atoms with Crippen LogP contribution in [0.5, 0.6) is 0 Å². The van der Waals surface area contributed by atoms with E-state index in [4.69, 9.17) is 0 Å². The van der Waals surface area contributed by atoms with Crippen molar-refractivity contribution in [3.8, 4) is 0 Å². The summed E-state index contributed by atoms with van der Waals surface area (Å²) in [5.74, 6) is -2.67. The van der Waals surface area contributed by atoms with Crippen molar-refractivity contribution in [2.45, 2.75) is 12.5 Å². The van der Waals surface area contributed by atoms with E-state index in [2.05, 4.69) is 15.0 Å². The molecule has 1 N–H and O–H groups in total. The average molecular weight is 285 g/mol. The van der Waals surface area contributed by atoms with E-state index >= 15 is 0 Å². The number of esters is 1. The first-order valence-corrected chi connectivity index (χ1v) is 5.95. The van der Waals surface area contributed by atoms with Crippen molar-refractivity contribution in [1.29, 1.82) is 0 Å². The maximum absolute atomic E-state index is 13.6. The SMILES string of the molecule is COC(=O)CNC(=O)[C@@H]1CCN1c1ncc(F)cc1F. The summed E-state index contributed by atoms with van der Waals surface area (Å²) in [6.45, 7) is 0.185. The molecule has 2 heterocycles. The second-order valence-electron chi connectivity index (χ2n) is 4.25. The van der Waals surface area contributed by atoms with Crippen molar-refractivity contribution in [2.24, 2.45) is 0 Å². The van der Waals surface area contributed by atoms with Gasteiger partial charge in [-0.25, -0.2) is 13.8 Å². The molecule has 8 heteroatoms. The average Bonchev–Trinajstić information content (AvgIpc) is 2.37. The fourth-order valence-electron chi connectivity index (χ4n) is 1.88. The number of nitrogens with zero attached hydrogens (tertiary/aromatic N) is 2. The lowest BCUT2D eigenvalue weighted by atomic mass is 10.0. The molecular formula is C12H13F2N3O3. The fraction of sp³-hybridized carbons (Fsp3) is 0.417. The van der Waals surface area contributed by atoms with Crippen molar-refractivity contribution in [1.82, 2.24) is 10.3 Å². The van der Waals surface area contributed by atoms with Crippen LogP contribution in [0, 0.1) is 11.6 Å². The van der Waals surface area contributed by atoms with Gasteiger partial charge in [-0.05, 0) is 6.42 Å². The molecule has 1 atom stereocenters. The van der Waals surface area contributed by atoms with Gasteiger partial charge in [0.05, 0.1) is 13.3 Å². The molecule has 0 unspecified atom stereocenters. The summed E-state index contributed by atoms with van der Waals surface area (Å²) < 4.78 is 30.8. The number of methoxy groups -OCH3 is 1. The molecule has 1 aromatic heterocycles. The van der Waals surface area contributed by atoms with E-state index in [1.54, 1.807) is 0 Å². The number of carbonyl (C=O) groups is 2. The zero-order chi connectivity index (χ0) is 14.7. The van der Waals surface area contributed by atoms with Gasteiger partial charge in [0.25, 0.3) is 0 Å². The third-order valence-corrected chi connectivity index (χ3v) is 3.02. The first-order valence-electron chi connectivity index (χ1n) is 5.95. The van der Waals surface area contributed by atoms with Crippen molar-refractivity contribution in [2.75, 3.05) is 25.1 Å². The van der Waals surface area contributed by atoms with Crippen LogP contribution in [0.15, 0.2) is 12.3 Å². The summed E-state index contributed by atoms with van der Waals surface area (Å²) in [7, 11) is 1.21. The minimum Gasteiger partial charge on any atom is -0.468 e. The number of carbonyl (C=O) groups excluding carboxylic acids is 2. The summed E-state index contributed by atoms with van der Waals surface area (Å²) in [5.41, 5.74) is 0. The lowest BCUT2D eigenvalue weighted by Gasteiger charge is -2.40. The Morgan fingerprint density at radius 1 is 1.55 bits per heavy atom. The van der Waals surface area contributed by atoms with E-state index in [1.165, 1.54) is 12.0 Å². The Morgan fingerprint density at radius 2 is 2.30 bits per heavy atom. The molecule has 1 aromatic rings. The molecule has 0 radical (unpaired) electrons. The largest absolute Gasteiger partial charge is 0.468 e. The number of amides is 1. The molecule has 108 valence electrons. The Kier molecular flexibility index (Phi) is 4.11. The number of nitrogens with one attached hydrogen (secondary N) is 1. The molecule has 0 spiro atoms. The lowest BCUT2D eigenvalue weighted by Crippen LogP contribution is -2.57. The number of anilines is 1. The predicted molar refractivity (Wildman–Crippen MR) is 64.9 cm³/mol. The van der Waals surface area contributed by atoms with Gasteiger partial charge in [-0.2, -0.15) is 0 Å². The van der Waals surface area contributed by atoms with Crippen LogP contribution in [0.1, 0.15) is 6.42 Å². The molecule has 1 aliphatic heterocycles. The predicted octanol–water partition coefficient (Wildman–Crippen LogP) is 0.228. The van der Waals surface area contributed by atoms with Gasteiger partial charge in [0, 0.05) is 12.6 Å². The third kappa shape index (κ3) is 2.84. The van der Waals surface area contributed by atoms with E-state index in [1.807, 2.05) is 0 Å². The summed E-state index contributed by atoms with van der Waals surface area (Å²) in [5, 5.41) is 2.39. The number of ether oxygens (including phenoxy) is 1. The van der Waals surface area contributed by atoms with E-state index in [-0.39, 0.29) is 12.4 Å². The quantitative estimate of drug-likeness (QED) is 0.802. The second-order valence-corrected chi connectivity index (χ2v) is 4.25. The molecule has 0 aromatic carbocycles. The van der Waals surface area contributed by atoms with Crippen LogP contribution in [0.4, 0.5) is 14.6 Å². The third-order valence-electron chi connectivity index (χ3n) is 3.02. The van der Waals surface area contributed by atoms with E-state index in [0.29, 0.717) is 19.0 Å². The monoisotopic (exact) mass is 285 g/mol. The fourth-order valence-corrected chi connectivity index (χ4v) is 1.88. The summed E-state index contributed by atoms with van der Waals surface area (Å²) in [4.78, 5) is 27.8. The Morgan fingerprint density at radius 3 is 2.85 bits per heavy atom. The molecule has 1 saturated heterocycles. The van der Waals surface area contributed by atoms with Gasteiger partial charge in [-0.3, -0.25) is 9.59 Å². The molecule has 2 rings (SSSR count). The maximum atomic E-state index is 13.6. The number of aromatic nitrogens is 1. The highest BCUT2D eigenvalue weighted by Gasteiger charge is 2.36. The summed E-state index contributed by atoms with van der Waals surface area (Å²) in [6.07, 6.45) is 1.39. The molecule has 0 bridgehead atoms. The Bertz CT molecular complexity index is 539. The van der Waals surface area contributed by atoms with E-state index in [0.717, 1.165) is 6.20 Å². The molecule has 1 amide bonds. The van der Waals surface area contributed by atoms with Gasteiger partial charge in [-0.15, -0.1) is 0 Å². The standard InChI is InChI=1S/C12H13F2N3O3/c1-20-10(18)6-16-12(19)9-2-3-17(9)11-8(14)4-7(13)5-15-11/h4-5,9H,2-3,6H2,1H3,(H,16,19)/t9-/m0/s1. The number of hydrogen-bond donors (Lipinski definition) is 1. The molecule has 20 heavy (non-hydrogen) atoms. The van der Waals surface area contributed by atoms with Gasteiger partial charge in [0.15, 0.2) is 11.6 Å². The van der Waals surface area contributed by atoms with E-state index in [9.17, 15) is 18.4 Å². The number of pyridine rings is 1. The van der Waals surface area contributed by atoms with Gasteiger partial charge in [-0.1, -0.05) is 0 Å². The van der Waals surface area contributed by atoms with Gasteiger partial charge < -0.3 is 15.0 Å². The normalized spacial score (nSPS) is 17.4. The number of rotatable bonds is 4. The van der Waals surface area contributed by atoms with Crippen LogP contribution >= 0.6 is 0 Å². The lowest BCUT2D eigenvalue weighted by molar-refractivity contribution is -0.141.